The van der Waals surface area contributed by atoms with Crippen molar-refractivity contribution < 1.29 is 9.72 Å². The first-order valence-corrected chi connectivity index (χ1v) is 12.1. The number of nitro benzene ring substituents is 1. The summed E-state index contributed by atoms with van der Waals surface area (Å²) in [5.41, 5.74) is 5.06. The number of nitro groups is 1. The van der Waals surface area contributed by atoms with Crippen LogP contribution >= 0.6 is 34.3 Å². The van der Waals surface area contributed by atoms with E-state index in [1.165, 1.54) is 34.8 Å². The standard InChI is InChI=1S/C24H15ClN4O3S2/c25-21-18-8-4-5-9-20(18)34-22(21)23(30)26-27-24-28(16-6-2-1-3-7-16)19(14-33-24)15-10-12-17(13-11-15)29(31)32/h1-14H,(H,26,30)/b27-24-. The lowest BCUT2D eigenvalue weighted by Gasteiger charge is -2.09. The van der Waals surface area contributed by atoms with Crippen LogP contribution in [0.1, 0.15) is 9.67 Å². The molecule has 0 spiro atoms. The molecule has 2 heterocycles. The molecule has 168 valence electrons. The molecule has 2 aromatic heterocycles. The van der Waals surface area contributed by atoms with Crippen LogP contribution in [-0.4, -0.2) is 15.4 Å². The zero-order chi connectivity index (χ0) is 23.7. The minimum atomic E-state index is -0.432. The largest absolute Gasteiger partial charge is 0.284 e. The number of amides is 1. The van der Waals surface area contributed by atoms with Crippen molar-refractivity contribution in [3.8, 4) is 16.9 Å². The molecule has 3 aromatic carbocycles. The quantitative estimate of drug-likeness (QED) is 0.226. The minimum absolute atomic E-state index is 0.0163. The van der Waals surface area contributed by atoms with Crippen molar-refractivity contribution in [1.82, 2.24) is 9.99 Å². The molecule has 0 bridgehead atoms. The van der Waals surface area contributed by atoms with Crippen molar-refractivity contribution in [3.05, 3.63) is 109 Å². The molecule has 0 atom stereocenters. The molecule has 7 nitrogen and oxygen atoms in total. The summed E-state index contributed by atoms with van der Waals surface area (Å²) in [5, 5.41) is 18.5. The van der Waals surface area contributed by atoms with Crippen LogP contribution in [0.15, 0.2) is 89.3 Å². The fourth-order valence-electron chi connectivity index (χ4n) is 3.48. The van der Waals surface area contributed by atoms with Gasteiger partial charge in [-0.1, -0.05) is 48.0 Å². The number of carbonyl (C=O) groups is 1. The van der Waals surface area contributed by atoms with Gasteiger partial charge in [-0.05, 0) is 35.9 Å². The summed E-state index contributed by atoms with van der Waals surface area (Å²) >= 11 is 9.09. The third-order valence-electron chi connectivity index (χ3n) is 5.09. The molecule has 0 aliphatic carbocycles. The highest BCUT2D eigenvalue weighted by Gasteiger charge is 2.17. The Labute approximate surface area is 206 Å². The Bertz CT molecular complexity index is 1590. The fourth-order valence-corrected chi connectivity index (χ4v) is 5.75. The maximum absolute atomic E-state index is 12.9. The number of hydrogen-bond donors (Lipinski definition) is 1. The summed E-state index contributed by atoms with van der Waals surface area (Å²) in [6.07, 6.45) is 0. The number of non-ortho nitro benzene ring substituents is 1. The van der Waals surface area contributed by atoms with Crippen molar-refractivity contribution >= 4 is 56.0 Å². The van der Waals surface area contributed by atoms with E-state index in [0.29, 0.717) is 14.7 Å². The van der Waals surface area contributed by atoms with Crippen molar-refractivity contribution in [2.24, 2.45) is 5.10 Å². The van der Waals surface area contributed by atoms with E-state index in [9.17, 15) is 14.9 Å². The van der Waals surface area contributed by atoms with Crippen molar-refractivity contribution in [3.63, 3.8) is 0 Å². The third kappa shape index (κ3) is 4.12. The maximum Gasteiger partial charge on any atom is 0.283 e. The topological polar surface area (TPSA) is 89.5 Å². The van der Waals surface area contributed by atoms with Crippen LogP contribution in [0.4, 0.5) is 5.69 Å². The molecule has 0 saturated carbocycles. The third-order valence-corrected chi connectivity index (χ3v) is 7.59. The van der Waals surface area contributed by atoms with Gasteiger partial charge < -0.3 is 0 Å². The first-order valence-electron chi connectivity index (χ1n) is 10.0. The number of carbonyl (C=O) groups excluding carboxylic acids is 1. The van der Waals surface area contributed by atoms with Gasteiger partial charge in [-0.3, -0.25) is 19.5 Å². The molecule has 5 rings (SSSR count). The zero-order valence-corrected chi connectivity index (χ0v) is 19.7. The average Bonchev–Trinajstić information content (AvgIpc) is 3.44. The summed E-state index contributed by atoms with van der Waals surface area (Å²) in [4.78, 5) is 24.4. The lowest BCUT2D eigenvalue weighted by Crippen LogP contribution is -2.23. The summed E-state index contributed by atoms with van der Waals surface area (Å²) < 4.78 is 2.81. The molecule has 1 amide bonds. The Kier molecular flexibility index (Phi) is 5.97. The van der Waals surface area contributed by atoms with E-state index in [4.69, 9.17) is 11.6 Å². The average molecular weight is 507 g/mol. The number of halogens is 1. The molecule has 1 N–H and O–H groups in total. The smallest absolute Gasteiger partial charge is 0.283 e. The molecule has 10 heteroatoms. The molecular weight excluding hydrogens is 492 g/mol. The number of para-hydroxylation sites is 1. The minimum Gasteiger partial charge on any atom is -0.284 e. The number of thiazole rings is 1. The number of rotatable bonds is 5. The van der Waals surface area contributed by atoms with Crippen LogP contribution in [0.2, 0.25) is 5.02 Å². The second-order valence-corrected chi connectivity index (χ2v) is 9.44. The Morgan fingerprint density at radius 2 is 1.71 bits per heavy atom. The van der Waals surface area contributed by atoms with E-state index in [1.54, 1.807) is 12.1 Å². The predicted octanol–water partition coefficient (Wildman–Crippen LogP) is 6.23. The summed E-state index contributed by atoms with van der Waals surface area (Å²) in [5.74, 6) is -0.393. The normalized spacial score (nSPS) is 11.6. The summed E-state index contributed by atoms with van der Waals surface area (Å²) in [6.45, 7) is 0. The van der Waals surface area contributed by atoms with Gasteiger partial charge in [0.1, 0.15) is 4.88 Å². The van der Waals surface area contributed by atoms with E-state index >= 15 is 0 Å². The van der Waals surface area contributed by atoms with E-state index in [1.807, 2.05) is 64.5 Å². The maximum atomic E-state index is 12.9. The Balaban J connectivity index is 1.55. The van der Waals surface area contributed by atoms with Gasteiger partial charge in [0.2, 0.25) is 4.80 Å². The van der Waals surface area contributed by atoms with E-state index in [-0.39, 0.29) is 5.69 Å². The Morgan fingerprint density at radius 3 is 2.41 bits per heavy atom. The summed E-state index contributed by atoms with van der Waals surface area (Å²) in [7, 11) is 0. The van der Waals surface area contributed by atoms with Gasteiger partial charge in [0.05, 0.1) is 15.6 Å². The monoisotopic (exact) mass is 506 g/mol. The molecule has 5 aromatic rings. The van der Waals surface area contributed by atoms with Crippen LogP contribution < -0.4 is 10.2 Å². The van der Waals surface area contributed by atoms with Crippen LogP contribution in [0.5, 0.6) is 0 Å². The molecule has 0 radical (unpaired) electrons. The van der Waals surface area contributed by atoms with E-state index in [2.05, 4.69) is 10.5 Å². The van der Waals surface area contributed by atoms with Gasteiger partial charge >= 0.3 is 0 Å². The van der Waals surface area contributed by atoms with Gasteiger partial charge in [-0.15, -0.1) is 27.8 Å². The van der Waals surface area contributed by atoms with Crippen molar-refractivity contribution in [2.75, 3.05) is 0 Å². The first-order chi connectivity index (χ1) is 16.5. The zero-order valence-electron chi connectivity index (χ0n) is 17.3. The molecule has 0 aliphatic heterocycles. The number of aromatic nitrogens is 1. The van der Waals surface area contributed by atoms with Crippen LogP contribution in [0, 0.1) is 10.1 Å². The van der Waals surface area contributed by atoms with E-state index in [0.717, 1.165) is 27.0 Å². The number of benzene rings is 3. The van der Waals surface area contributed by atoms with Crippen molar-refractivity contribution in [1.29, 1.82) is 0 Å². The number of thiophene rings is 1. The van der Waals surface area contributed by atoms with Gasteiger partial charge in [0, 0.05) is 33.3 Å². The Hall–Kier alpha value is -3.79. The number of fused-ring (bicyclic) bond motifs is 1. The highest BCUT2D eigenvalue weighted by atomic mass is 35.5. The van der Waals surface area contributed by atoms with Gasteiger partial charge in [0.25, 0.3) is 11.6 Å². The van der Waals surface area contributed by atoms with Gasteiger partial charge in [-0.25, -0.2) is 5.43 Å². The molecule has 0 aliphatic rings. The lowest BCUT2D eigenvalue weighted by molar-refractivity contribution is -0.384. The molecule has 0 fully saturated rings. The van der Waals surface area contributed by atoms with Crippen molar-refractivity contribution in [2.45, 2.75) is 0 Å². The Morgan fingerprint density at radius 1 is 1.00 bits per heavy atom. The van der Waals surface area contributed by atoms with Crippen LogP contribution in [-0.2, 0) is 0 Å². The second kappa shape index (κ2) is 9.22. The number of nitrogens with zero attached hydrogens (tertiary/aromatic N) is 3. The highest BCUT2D eigenvalue weighted by molar-refractivity contribution is 7.21. The first kappa shape index (κ1) is 22.0. The second-order valence-electron chi connectivity index (χ2n) is 7.17. The number of hydrogen-bond acceptors (Lipinski definition) is 6. The highest BCUT2D eigenvalue weighted by Crippen LogP contribution is 2.35. The van der Waals surface area contributed by atoms with E-state index < -0.39 is 10.8 Å². The number of nitrogens with one attached hydrogen (secondary N) is 1. The lowest BCUT2D eigenvalue weighted by atomic mass is 10.1. The van der Waals surface area contributed by atoms with Gasteiger partial charge in [-0.2, -0.15) is 0 Å². The predicted molar refractivity (Wildman–Crippen MR) is 136 cm³/mol. The molecule has 0 saturated heterocycles. The van der Waals surface area contributed by atoms with Crippen LogP contribution in [0.3, 0.4) is 0 Å². The fraction of sp³-hybridized carbons (Fsp3) is 0. The van der Waals surface area contributed by atoms with Crippen LogP contribution in [0.25, 0.3) is 27.0 Å². The SMILES string of the molecule is O=C(N/N=c1\scc(-c2ccc([N+](=O)[O-])cc2)n1-c1ccccc1)c1sc2ccccc2c1Cl. The van der Waals surface area contributed by atoms with Gasteiger partial charge in [0.15, 0.2) is 0 Å². The molecule has 0 unspecified atom stereocenters. The molecular formula is C24H15ClN4O3S2. The summed E-state index contributed by atoms with van der Waals surface area (Å²) in [6, 6.07) is 23.4. The molecule has 34 heavy (non-hydrogen) atoms.